The maximum atomic E-state index is 14.3. The van der Waals surface area contributed by atoms with E-state index in [1.54, 1.807) is 36.4 Å². The van der Waals surface area contributed by atoms with Crippen LogP contribution in [0.1, 0.15) is 55.7 Å². The largest absolute Gasteiger partial charge is 0.495 e. The summed E-state index contributed by atoms with van der Waals surface area (Å²) in [6.45, 7) is 5.38. The number of hydrogen-bond acceptors (Lipinski definition) is 5. The molecule has 1 unspecified atom stereocenters. The van der Waals surface area contributed by atoms with Crippen molar-refractivity contribution >= 4 is 27.5 Å². The molecule has 2 amide bonds. The van der Waals surface area contributed by atoms with E-state index in [1.165, 1.54) is 24.1 Å². The lowest BCUT2D eigenvalue weighted by Gasteiger charge is -2.34. The second-order valence-electron chi connectivity index (χ2n) is 10.9. The van der Waals surface area contributed by atoms with E-state index in [0.717, 1.165) is 46.7 Å². The summed E-state index contributed by atoms with van der Waals surface area (Å²) in [5, 5.41) is 3.14. The van der Waals surface area contributed by atoms with Crippen molar-refractivity contribution in [3.8, 4) is 5.75 Å². The molecule has 1 N–H and O–H groups in total. The molecule has 3 aromatic carbocycles. The zero-order chi connectivity index (χ0) is 30.3. The number of benzene rings is 3. The van der Waals surface area contributed by atoms with Crippen molar-refractivity contribution in [1.29, 1.82) is 0 Å². The average Bonchev–Trinajstić information content (AvgIpc) is 3.49. The minimum absolute atomic E-state index is 0.0584. The Labute approximate surface area is 249 Å². The highest BCUT2D eigenvalue weighted by Gasteiger charge is 2.35. The van der Waals surface area contributed by atoms with Gasteiger partial charge in [0.05, 0.1) is 17.7 Å². The van der Waals surface area contributed by atoms with Gasteiger partial charge in [-0.05, 0) is 62.9 Å². The molecule has 224 valence electrons. The quantitative estimate of drug-likeness (QED) is 0.305. The smallest absolute Gasteiger partial charge is 0.264 e. The van der Waals surface area contributed by atoms with E-state index in [1.807, 2.05) is 45.0 Å². The van der Waals surface area contributed by atoms with Crippen molar-refractivity contribution in [2.75, 3.05) is 18.0 Å². The molecule has 1 saturated carbocycles. The topological polar surface area (TPSA) is 96.0 Å². The molecule has 8 nitrogen and oxygen atoms in total. The Kier molecular flexibility index (Phi) is 10.3. The molecule has 1 aliphatic rings. The predicted molar refractivity (Wildman–Crippen MR) is 165 cm³/mol. The van der Waals surface area contributed by atoms with Gasteiger partial charge < -0.3 is 15.0 Å². The monoisotopic (exact) mass is 591 g/mol. The molecule has 1 aliphatic carbocycles. The van der Waals surface area contributed by atoms with Crippen LogP contribution in [0.25, 0.3) is 0 Å². The first kappa shape index (κ1) is 31.1. The molecule has 0 aliphatic heterocycles. The maximum absolute atomic E-state index is 14.3. The van der Waals surface area contributed by atoms with Gasteiger partial charge in [-0.2, -0.15) is 0 Å². The number of carbonyl (C=O) groups excluding carboxylic acids is 2. The van der Waals surface area contributed by atoms with Crippen molar-refractivity contribution in [1.82, 2.24) is 10.2 Å². The second kappa shape index (κ2) is 13.9. The van der Waals surface area contributed by atoms with Crippen LogP contribution in [0.15, 0.2) is 77.7 Å². The molecule has 0 spiro atoms. The Bertz CT molecular complexity index is 1480. The van der Waals surface area contributed by atoms with E-state index in [0.29, 0.717) is 12.2 Å². The van der Waals surface area contributed by atoms with Crippen LogP contribution in [-0.4, -0.2) is 50.9 Å². The van der Waals surface area contributed by atoms with Gasteiger partial charge in [0, 0.05) is 12.6 Å². The molecule has 0 saturated heterocycles. The molecule has 1 atom stereocenters. The highest BCUT2D eigenvalue weighted by molar-refractivity contribution is 7.92. The van der Waals surface area contributed by atoms with E-state index in [-0.39, 0.29) is 29.1 Å². The first-order valence-electron chi connectivity index (χ1n) is 14.5. The van der Waals surface area contributed by atoms with Gasteiger partial charge in [-0.1, -0.05) is 79.4 Å². The fourth-order valence-electron chi connectivity index (χ4n) is 5.48. The zero-order valence-corrected chi connectivity index (χ0v) is 25.7. The normalized spacial score (nSPS) is 14.3. The minimum atomic E-state index is -4.18. The van der Waals surface area contributed by atoms with Gasteiger partial charge in [-0.3, -0.25) is 13.9 Å². The number of methoxy groups -OCH3 is 1. The van der Waals surface area contributed by atoms with Crippen molar-refractivity contribution in [2.45, 2.75) is 76.4 Å². The van der Waals surface area contributed by atoms with Crippen LogP contribution in [0.2, 0.25) is 0 Å². The number of sulfonamides is 1. The molecule has 0 radical (unpaired) electrons. The maximum Gasteiger partial charge on any atom is 0.264 e. The lowest BCUT2D eigenvalue weighted by molar-refractivity contribution is -0.140. The molecular formula is C33H41N3O5S. The third-order valence-electron chi connectivity index (χ3n) is 7.76. The number of hydrogen-bond donors (Lipinski definition) is 1. The van der Waals surface area contributed by atoms with Crippen LogP contribution in [-0.2, 0) is 26.2 Å². The Morgan fingerprint density at radius 1 is 0.952 bits per heavy atom. The fraction of sp³-hybridized carbons (Fsp3) is 0.394. The van der Waals surface area contributed by atoms with E-state index < -0.39 is 28.5 Å². The Balaban J connectivity index is 1.74. The second-order valence-corrected chi connectivity index (χ2v) is 12.8. The highest BCUT2D eigenvalue weighted by Crippen LogP contribution is 2.33. The molecule has 0 bridgehead atoms. The van der Waals surface area contributed by atoms with Crippen LogP contribution in [0.3, 0.4) is 0 Å². The predicted octanol–water partition coefficient (Wildman–Crippen LogP) is 5.37. The van der Waals surface area contributed by atoms with Gasteiger partial charge in [-0.15, -0.1) is 0 Å². The van der Waals surface area contributed by atoms with E-state index in [4.69, 9.17) is 4.74 Å². The number of aryl methyl sites for hydroxylation is 2. The summed E-state index contributed by atoms with van der Waals surface area (Å²) >= 11 is 0. The van der Waals surface area contributed by atoms with E-state index >= 15 is 0 Å². The van der Waals surface area contributed by atoms with Crippen LogP contribution in [0.5, 0.6) is 5.75 Å². The lowest BCUT2D eigenvalue weighted by Crippen LogP contribution is -2.53. The number of rotatable bonds is 12. The van der Waals surface area contributed by atoms with Crippen LogP contribution < -0.4 is 14.4 Å². The van der Waals surface area contributed by atoms with Crippen LogP contribution in [0.4, 0.5) is 5.69 Å². The van der Waals surface area contributed by atoms with Crippen molar-refractivity contribution in [2.24, 2.45) is 0 Å². The van der Waals surface area contributed by atoms with Gasteiger partial charge >= 0.3 is 0 Å². The summed E-state index contributed by atoms with van der Waals surface area (Å²) in [5.74, 6) is -0.376. The SMILES string of the molecule is CCC(C(=O)NC1CCCC1)N(Cc1cccc(C)c1)C(=O)CN(c1ccccc1OC)S(=O)(=O)c1ccc(C)cc1. The van der Waals surface area contributed by atoms with Crippen molar-refractivity contribution < 1.29 is 22.7 Å². The minimum Gasteiger partial charge on any atom is -0.495 e. The number of nitrogens with one attached hydrogen (secondary N) is 1. The highest BCUT2D eigenvalue weighted by atomic mass is 32.2. The number of nitrogens with zero attached hydrogens (tertiary/aromatic N) is 2. The Morgan fingerprint density at radius 2 is 1.64 bits per heavy atom. The first-order chi connectivity index (χ1) is 20.1. The van der Waals surface area contributed by atoms with E-state index in [2.05, 4.69) is 5.32 Å². The van der Waals surface area contributed by atoms with Gasteiger partial charge in [0.25, 0.3) is 10.0 Å². The summed E-state index contributed by atoms with van der Waals surface area (Å²) in [4.78, 5) is 29.5. The molecular weight excluding hydrogens is 550 g/mol. The Morgan fingerprint density at radius 3 is 2.29 bits per heavy atom. The number of anilines is 1. The van der Waals surface area contributed by atoms with Gasteiger partial charge in [0.1, 0.15) is 18.3 Å². The Hall–Kier alpha value is -3.85. The zero-order valence-electron chi connectivity index (χ0n) is 24.9. The fourth-order valence-corrected chi connectivity index (χ4v) is 6.91. The number of carbonyl (C=O) groups is 2. The summed E-state index contributed by atoms with van der Waals surface area (Å²) in [6, 6.07) is 20.3. The standard InChI is InChI=1S/C33H41N3O5S/c1-5-29(33(38)34-27-13-6-7-14-27)35(22-26-12-10-11-25(3)21-26)32(37)23-36(30-15-8-9-16-31(30)41-4)42(39,40)28-19-17-24(2)18-20-28/h8-12,15-21,27,29H,5-7,13-14,22-23H2,1-4H3,(H,34,38). The third-order valence-corrected chi connectivity index (χ3v) is 9.54. The molecule has 9 heteroatoms. The van der Waals surface area contributed by atoms with Crippen molar-refractivity contribution in [3.05, 3.63) is 89.5 Å². The molecule has 4 rings (SSSR count). The van der Waals surface area contributed by atoms with Crippen LogP contribution in [0, 0.1) is 13.8 Å². The van der Waals surface area contributed by atoms with E-state index in [9.17, 15) is 18.0 Å². The number of amides is 2. The molecule has 1 fully saturated rings. The summed E-state index contributed by atoms with van der Waals surface area (Å²) in [6.07, 6.45) is 4.36. The van der Waals surface area contributed by atoms with Gasteiger partial charge in [0.15, 0.2) is 0 Å². The molecule has 0 heterocycles. The van der Waals surface area contributed by atoms with Crippen molar-refractivity contribution in [3.63, 3.8) is 0 Å². The summed E-state index contributed by atoms with van der Waals surface area (Å²) < 4.78 is 34.8. The average molecular weight is 592 g/mol. The first-order valence-corrected chi connectivity index (χ1v) is 16.0. The molecule has 3 aromatic rings. The lowest BCUT2D eigenvalue weighted by atomic mass is 10.1. The third kappa shape index (κ3) is 7.31. The molecule has 42 heavy (non-hydrogen) atoms. The van der Waals surface area contributed by atoms with Crippen LogP contribution >= 0.6 is 0 Å². The molecule has 0 aromatic heterocycles. The summed E-state index contributed by atoms with van der Waals surface area (Å²) in [7, 11) is -2.72. The van der Waals surface area contributed by atoms with Gasteiger partial charge in [-0.25, -0.2) is 8.42 Å². The van der Waals surface area contributed by atoms with Gasteiger partial charge in [0.2, 0.25) is 11.8 Å². The summed E-state index contributed by atoms with van der Waals surface area (Å²) in [5.41, 5.74) is 3.05. The number of ether oxygens (including phenoxy) is 1. The number of para-hydroxylation sites is 2.